The van der Waals surface area contributed by atoms with Gasteiger partial charge in [0.2, 0.25) is 0 Å². The summed E-state index contributed by atoms with van der Waals surface area (Å²) >= 11 is 1.67. The number of sulfone groups is 1. The number of Topliss-reactive ketones (excluding diaryl/α,β-unsaturated/α-hetero) is 1. The lowest BCUT2D eigenvalue weighted by molar-refractivity contribution is 0.0993. The Morgan fingerprint density at radius 2 is 1.55 bits per heavy atom. The number of ketones is 1. The fraction of sp³-hybridized carbons (Fsp3) is 0.259. The molecule has 3 aromatic carbocycles. The largest absolute Gasteiger partial charge is 0.294 e. The van der Waals surface area contributed by atoms with E-state index < -0.39 is 14.6 Å². The lowest BCUT2D eigenvalue weighted by Gasteiger charge is -2.19. The van der Waals surface area contributed by atoms with E-state index in [9.17, 15) is 13.2 Å². The van der Waals surface area contributed by atoms with Crippen LogP contribution in [0.2, 0.25) is 0 Å². The van der Waals surface area contributed by atoms with Crippen LogP contribution in [0.1, 0.15) is 47.8 Å². The molecule has 6 heteroatoms. The fourth-order valence-electron chi connectivity index (χ4n) is 3.43. The third-order valence-electron chi connectivity index (χ3n) is 5.68. The van der Waals surface area contributed by atoms with Crippen LogP contribution in [-0.4, -0.2) is 23.9 Å². The molecule has 1 heterocycles. The molecule has 0 N–H and O–H groups in total. The Morgan fingerprint density at radius 1 is 0.909 bits per heavy atom. The summed E-state index contributed by atoms with van der Waals surface area (Å²) in [6.45, 7) is 7.17. The van der Waals surface area contributed by atoms with E-state index in [1.165, 1.54) is 10.3 Å². The zero-order valence-corrected chi connectivity index (χ0v) is 20.9. The number of aromatic nitrogens is 1. The lowest BCUT2D eigenvalue weighted by Crippen LogP contribution is -2.29. The molecule has 1 aromatic heterocycles. The molecule has 0 aliphatic heterocycles. The van der Waals surface area contributed by atoms with Crippen molar-refractivity contribution in [2.45, 2.75) is 44.6 Å². The molecule has 0 unspecified atom stereocenters. The summed E-state index contributed by atoms with van der Waals surface area (Å²) in [5.41, 5.74) is 5.46. The fourth-order valence-corrected chi connectivity index (χ4v) is 5.56. The van der Waals surface area contributed by atoms with Gasteiger partial charge in [-0.1, -0.05) is 54.6 Å². The Balaban J connectivity index is 1.44. The van der Waals surface area contributed by atoms with Crippen molar-refractivity contribution in [3.8, 4) is 10.6 Å². The number of nitrogens with zero attached hydrogens (tertiary/aromatic N) is 1. The molecule has 0 atom stereocenters. The zero-order valence-electron chi connectivity index (χ0n) is 19.3. The molecule has 4 nitrogen and oxygen atoms in total. The number of rotatable bonds is 6. The number of hydrogen-bond donors (Lipinski definition) is 0. The van der Waals surface area contributed by atoms with Crippen LogP contribution in [0.15, 0.2) is 66.7 Å². The van der Waals surface area contributed by atoms with Gasteiger partial charge in [-0.05, 0) is 56.5 Å². The van der Waals surface area contributed by atoms with Crippen LogP contribution in [0.3, 0.4) is 0 Å². The first-order valence-electron chi connectivity index (χ1n) is 10.8. The number of benzene rings is 3. The highest BCUT2D eigenvalue weighted by molar-refractivity contribution is 7.91. The molecule has 4 aromatic rings. The maximum absolute atomic E-state index is 12.7. The molecule has 0 radical (unpaired) electrons. The molecule has 0 saturated carbocycles. The topological polar surface area (TPSA) is 64.1 Å². The lowest BCUT2D eigenvalue weighted by atomic mass is 10.0. The van der Waals surface area contributed by atoms with E-state index in [0.717, 1.165) is 21.7 Å². The van der Waals surface area contributed by atoms with E-state index in [4.69, 9.17) is 4.98 Å². The summed E-state index contributed by atoms with van der Waals surface area (Å²) in [6, 6.07) is 21.1. The average Bonchev–Trinajstić information content (AvgIpc) is 3.17. The van der Waals surface area contributed by atoms with Gasteiger partial charge in [0.15, 0.2) is 15.6 Å². The van der Waals surface area contributed by atoms with E-state index in [-0.39, 0.29) is 11.5 Å². The van der Waals surface area contributed by atoms with Gasteiger partial charge in [0.25, 0.3) is 0 Å². The monoisotopic (exact) mass is 477 g/mol. The van der Waals surface area contributed by atoms with Crippen molar-refractivity contribution in [3.63, 3.8) is 0 Å². The van der Waals surface area contributed by atoms with Crippen LogP contribution in [-0.2, 0) is 22.0 Å². The first kappa shape index (κ1) is 23.3. The van der Waals surface area contributed by atoms with Crippen LogP contribution in [0.5, 0.6) is 0 Å². The maximum Gasteiger partial charge on any atom is 0.167 e. The first-order chi connectivity index (χ1) is 15.5. The second-order valence-electron chi connectivity index (χ2n) is 9.36. The van der Waals surface area contributed by atoms with Gasteiger partial charge in [0.05, 0.1) is 20.7 Å². The maximum atomic E-state index is 12.7. The van der Waals surface area contributed by atoms with Gasteiger partial charge in [-0.3, -0.25) is 4.79 Å². The molecule has 0 saturated heterocycles. The zero-order chi connectivity index (χ0) is 23.8. The van der Waals surface area contributed by atoms with Crippen LogP contribution < -0.4 is 0 Å². The van der Waals surface area contributed by atoms with Gasteiger partial charge < -0.3 is 0 Å². The van der Waals surface area contributed by atoms with Crippen molar-refractivity contribution in [1.82, 2.24) is 4.98 Å². The Labute approximate surface area is 199 Å². The molecule has 0 fully saturated rings. The number of fused-ring (bicyclic) bond motifs is 1. The van der Waals surface area contributed by atoms with Gasteiger partial charge in [-0.25, -0.2) is 13.4 Å². The minimum atomic E-state index is -3.26. The number of carbonyl (C=O) groups excluding carboxylic acids is 1. The molecular formula is C27H27NO3S2. The number of hydrogen-bond acceptors (Lipinski definition) is 5. The van der Waals surface area contributed by atoms with Crippen LogP contribution in [0, 0.1) is 6.92 Å². The molecule has 4 rings (SSSR count). The normalized spacial score (nSPS) is 12.2. The van der Waals surface area contributed by atoms with Gasteiger partial charge >= 0.3 is 0 Å². The van der Waals surface area contributed by atoms with Crippen LogP contribution >= 0.6 is 11.3 Å². The molecule has 0 bridgehead atoms. The second kappa shape index (κ2) is 8.84. The molecule has 0 spiro atoms. The van der Waals surface area contributed by atoms with Gasteiger partial charge in [-0.15, -0.1) is 11.3 Å². The summed E-state index contributed by atoms with van der Waals surface area (Å²) in [7, 11) is -3.26. The summed E-state index contributed by atoms with van der Waals surface area (Å²) in [5.74, 6) is -0.0268. The van der Waals surface area contributed by atoms with Crippen molar-refractivity contribution < 1.29 is 13.2 Å². The van der Waals surface area contributed by atoms with E-state index in [1.807, 2.05) is 30.3 Å². The first-order valence-corrected chi connectivity index (χ1v) is 13.3. The van der Waals surface area contributed by atoms with E-state index in [1.54, 1.807) is 56.4 Å². The van der Waals surface area contributed by atoms with Gasteiger partial charge in [0.1, 0.15) is 5.01 Å². The molecule has 0 aliphatic rings. The minimum Gasteiger partial charge on any atom is -0.294 e. The quantitative estimate of drug-likeness (QED) is 0.301. The van der Waals surface area contributed by atoms with Crippen molar-refractivity contribution >= 4 is 37.2 Å². The predicted octanol–water partition coefficient (Wildman–Crippen LogP) is 6.41. The van der Waals surface area contributed by atoms with Crippen molar-refractivity contribution in [2.24, 2.45) is 0 Å². The standard InChI is InChI=1S/C27H27NO3S2/c1-18-5-14-23-25(15-18)32-26(28-23)22-12-6-19(7-13-22)16-24(29)21-10-8-20(9-11-21)17-33(30,31)27(2,3)4/h5-15H,16-17H2,1-4H3. The van der Waals surface area contributed by atoms with Crippen molar-refractivity contribution in [1.29, 1.82) is 0 Å². The van der Waals surface area contributed by atoms with E-state index >= 15 is 0 Å². The predicted molar refractivity (Wildman–Crippen MR) is 137 cm³/mol. The van der Waals surface area contributed by atoms with Gasteiger partial charge in [-0.2, -0.15) is 0 Å². The molecule has 0 amide bonds. The smallest absolute Gasteiger partial charge is 0.167 e. The Morgan fingerprint density at radius 3 is 2.18 bits per heavy atom. The SMILES string of the molecule is Cc1ccc2nc(-c3ccc(CC(=O)c4ccc(CS(=O)(=O)C(C)(C)C)cc4)cc3)sc2c1. The summed E-state index contributed by atoms with van der Waals surface area (Å²) in [4.78, 5) is 17.5. The minimum absolute atomic E-state index is 0.00319. The highest BCUT2D eigenvalue weighted by Gasteiger charge is 2.28. The number of thiazole rings is 1. The van der Waals surface area contributed by atoms with Gasteiger partial charge in [0, 0.05) is 17.5 Å². The summed E-state index contributed by atoms with van der Waals surface area (Å²) < 4.78 is 25.2. The Hall–Kier alpha value is -2.83. The summed E-state index contributed by atoms with van der Waals surface area (Å²) in [6.07, 6.45) is 0.291. The van der Waals surface area contributed by atoms with E-state index in [0.29, 0.717) is 17.5 Å². The summed E-state index contributed by atoms with van der Waals surface area (Å²) in [5, 5.41) is 0.967. The van der Waals surface area contributed by atoms with Crippen LogP contribution in [0.25, 0.3) is 20.8 Å². The number of carbonyl (C=O) groups is 1. The third-order valence-corrected chi connectivity index (χ3v) is 9.32. The highest BCUT2D eigenvalue weighted by Crippen LogP contribution is 2.31. The Kier molecular flexibility index (Phi) is 6.25. The third kappa shape index (κ3) is 5.23. The molecular weight excluding hydrogens is 450 g/mol. The van der Waals surface area contributed by atoms with Crippen LogP contribution in [0.4, 0.5) is 0 Å². The van der Waals surface area contributed by atoms with E-state index in [2.05, 4.69) is 19.1 Å². The molecule has 0 aliphatic carbocycles. The van der Waals surface area contributed by atoms with Crippen molar-refractivity contribution in [2.75, 3.05) is 0 Å². The van der Waals surface area contributed by atoms with Crippen molar-refractivity contribution in [3.05, 3.63) is 89.0 Å². The number of aryl methyl sites for hydroxylation is 1. The second-order valence-corrected chi connectivity index (χ2v) is 13.1. The highest BCUT2D eigenvalue weighted by atomic mass is 32.2. The molecule has 33 heavy (non-hydrogen) atoms. The Bertz CT molecular complexity index is 1410. The average molecular weight is 478 g/mol. The molecule has 170 valence electrons.